The number of hydrazine groups is 1. The van der Waals surface area contributed by atoms with Crippen LogP contribution in [0.4, 0.5) is 0 Å². The summed E-state index contributed by atoms with van der Waals surface area (Å²) in [7, 11) is 0. The Labute approximate surface area is 126 Å². The molecule has 20 heavy (non-hydrogen) atoms. The molecule has 0 spiro atoms. The first-order valence-electron chi connectivity index (χ1n) is 8.48. The topological polar surface area (TPSA) is 47.3 Å². The van der Waals surface area contributed by atoms with Gasteiger partial charge in [-0.2, -0.15) is 0 Å². The van der Waals surface area contributed by atoms with Crippen LogP contribution in [0.5, 0.6) is 0 Å². The van der Waals surface area contributed by atoms with Crippen LogP contribution in [0.25, 0.3) is 0 Å². The standard InChI is InChI=1S/C17H36N2O/c1-6-7-8-9-10-11-12-15(19-18)14-13-16(2,3)20-17(14,4)5/h14-15,19H,6-13,18H2,1-5H3. The first-order valence-corrected chi connectivity index (χ1v) is 8.48. The van der Waals surface area contributed by atoms with E-state index in [0.717, 1.165) is 12.8 Å². The first-order chi connectivity index (χ1) is 9.32. The van der Waals surface area contributed by atoms with Crippen LogP contribution >= 0.6 is 0 Å². The van der Waals surface area contributed by atoms with Gasteiger partial charge in [0.2, 0.25) is 0 Å². The summed E-state index contributed by atoms with van der Waals surface area (Å²) in [5.41, 5.74) is 2.96. The summed E-state index contributed by atoms with van der Waals surface area (Å²) in [6.07, 6.45) is 10.3. The molecule has 2 unspecified atom stereocenters. The van der Waals surface area contributed by atoms with E-state index < -0.39 is 0 Å². The van der Waals surface area contributed by atoms with Gasteiger partial charge in [0.1, 0.15) is 0 Å². The molecule has 1 saturated heterocycles. The molecule has 0 aliphatic carbocycles. The highest BCUT2D eigenvalue weighted by molar-refractivity contribution is 4.98. The largest absolute Gasteiger partial charge is 0.369 e. The zero-order chi connectivity index (χ0) is 15.2. The fourth-order valence-electron chi connectivity index (χ4n) is 3.78. The van der Waals surface area contributed by atoms with Crippen LogP contribution < -0.4 is 11.3 Å². The third kappa shape index (κ3) is 5.34. The van der Waals surface area contributed by atoms with Crippen molar-refractivity contribution in [2.75, 3.05) is 0 Å². The zero-order valence-corrected chi connectivity index (χ0v) is 14.3. The lowest BCUT2D eigenvalue weighted by Gasteiger charge is -2.32. The highest BCUT2D eigenvalue weighted by Crippen LogP contribution is 2.44. The second-order valence-corrected chi connectivity index (χ2v) is 7.61. The maximum atomic E-state index is 6.20. The van der Waals surface area contributed by atoms with Gasteiger partial charge in [-0.1, -0.05) is 45.4 Å². The van der Waals surface area contributed by atoms with E-state index in [-0.39, 0.29) is 11.2 Å². The second kappa shape index (κ2) is 7.77. The van der Waals surface area contributed by atoms with Crippen LogP contribution in [0.2, 0.25) is 0 Å². The molecule has 2 atom stereocenters. The Hall–Kier alpha value is -0.120. The molecule has 1 heterocycles. The molecule has 1 fully saturated rings. The van der Waals surface area contributed by atoms with Crippen molar-refractivity contribution in [1.82, 2.24) is 5.43 Å². The molecule has 3 N–H and O–H groups in total. The average molecular weight is 284 g/mol. The molecule has 0 saturated carbocycles. The molecule has 0 aromatic rings. The van der Waals surface area contributed by atoms with Gasteiger partial charge in [-0.3, -0.25) is 11.3 Å². The summed E-state index contributed by atoms with van der Waals surface area (Å²) in [5.74, 6) is 6.32. The lowest BCUT2D eigenvalue weighted by atomic mass is 9.80. The fraction of sp³-hybridized carbons (Fsp3) is 1.00. The Bertz CT molecular complexity index is 276. The van der Waals surface area contributed by atoms with Gasteiger partial charge in [-0.15, -0.1) is 0 Å². The van der Waals surface area contributed by atoms with Crippen molar-refractivity contribution in [3.63, 3.8) is 0 Å². The Morgan fingerprint density at radius 1 is 1.10 bits per heavy atom. The highest BCUT2D eigenvalue weighted by Gasteiger charge is 2.48. The number of hydrogen-bond acceptors (Lipinski definition) is 3. The van der Waals surface area contributed by atoms with Gasteiger partial charge in [0, 0.05) is 12.0 Å². The Morgan fingerprint density at radius 3 is 2.20 bits per heavy atom. The number of unbranched alkanes of at least 4 members (excludes halogenated alkanes) is 5. The van der Waals surface area contributed by atoms with Gasteiger partial charge in [0.25, 0.3) is 0 Å². The van der Waals surface area contributed by atoms with E-state index in [4.69, 9.17) is 10.6 Å². The molecular formula is C17H36N2O. The van der Waals surface area contributed by atoms with Crippen molar-refractivity contribution in [3.05, 3.63) is 0 Å². The number of nitrogens with two attached hydrogens (primary N) is 1. The van der Waals surface area contributed by atoms with Gasteiger partial charge >= 0.3 is 0 Å². The van der Waals surface area contributed by atoms with Crippen LogP contribution in [0, 0.1) is 5.92 Å². The van der Waals surface area contributed by atoms with E-state index in [0.29, 0.717) is 12.0 Å². The number of hydrogen-bond donors (Lipinski definition) is 2. The molecule has 0 bridgehead atoms. The maximum absolute atomic E-state index is 6.20. The average Bonchev–Trinajstić information content (AvgIpc) is 2.57. The zero-order valence-electron chi connectivity index (χ0n) is 14.3. The minimum atomic E-state index is -0.0806. The molecule has 1 rings (SSSR count). The van der Waals surface area contributed by atoms with E-state index in [9.17, 15) is 0 Å². The SMILES string of the molecule is CCCCCCCCC(NN)C1CC(C)(C)OC1(C)C. The van der Waals surface area contributed by atoms with Crippen LogP contribution in [-0.4, -0.2) is 17.2 Å². The lowest BCUT2D eigenvalue weighted by molar-refractivity contribution is -0.0779. The molecule has 0 amide bonds. The second-order valence-electron chi connectivity index (χ2n) is 7.61. The predicted molar refractivity (Wildman–Crippen MR) is 86.5 cm³/mol. The van der Waals surface area contributed by atoms with E-state index in [1.807, 2.05) is 0 Å². The molecular weight excluding hydrogens is 248 g/mol. The minimum Gasteiger partial charge on any atom is -0.369 e. The van der Waals surface area contributed by atoms with Crippen molar-refractivity contribution in [2.45, 2.75) is 103 Å². The smallest absolute Gasteiger partial charge is 0.0678 e. The van der Waals surface area contributed by atoms with Gasteiger partial charge in [-0.25, -0.2) is 0 Å². The minimum absolute atomic E-state index is 0.0234. The third-order valence-corrected chi connectivity index (χ3v) is 4.71. The maximum Gasteiger partial charge on any atom is 0.0678 e. The number of ether oxygens (including phenoxy) is 1. The normalized spacial score (nSPS) is 25.8. The highest BCUT2D eigenvalue weighted by atomic mass is 16.5. The van der Waals surface area contributed by atoms with Crippen LogP contribution in [0.3, 0.4) is 0 Å². The quantitative estimate of drug-likeness (QED) is 0.379. The van der Waals surface area contributed by atoms with Crippen molar-refractivity contribution in [2.24, 2.45) is 11.8 Å². The predicted octanol–water partition coefficient (Wildman–Crippen LogP) is 4.16. The molecule has 0 aromatic heterocycles. The van der Waals surface area contributed by atoms with Crippen molar-refractivity contribution in [1.29, 1.82) is 0 Å². The van der Waals surface area contributed by atoms with Crippen LogP contribution in [0.15, 0.2) is 0 Å². The van der Waals surface area contributed by atoms with E-state index >= 15 is 0 Å². The molecule has 0 aromatic carbocycles. The molecule has 0 radical (unpaired) electrons. The van der Waals surface area contributed by atoms with E-state index in [1.165, 1.54) is 38.5 Å². The molecule has 120 valence electrons. The Morgan fingerprint density at radius 2 is 1.70 bits per heavy atom. The van der Waals surface area contributed by atoms with Gasteiger partial charge in [-0.05, 0) is 40.5 Å². The summed E-state index contributed by atoms with van der Waals surface area (Å²) < 4.78 is 6.20. The Balaban J connectivity index is 2.38. The monoisotopic (exact) mass is 284 g/mol. The summed E-state index contributed by atoms with van der Waals surface area (Å²) in [4.78, 5) is 0. The Kier molecular flexibility index (Phi) is 6.96. The molecule has 1 aliphatic rings. The lowest BCUT2D eigenvalue weighted by Crippen LogP contribution is -2.47. The van der Waals surface area contributed by atoms with Crippen LogP contribution in [0.1, 0.15) is 86.0 Å². The van der Waals surface area contributed by atoms with Gasteiger partial charge in [0.05, 0.1) is 11.2 Å². The van der Waals surface area contributed by atoms with Crippen molar-refractivity contribution >= 4 is 0 Å². The van der Waals surface area contributed by atoms with E-state index in [2.05, 4.69) is 40.0 Å². The molecule has 3 heteroatoms. The fourth-order valence-corrected chi connectivity index (χ4v) is 3.78. The molecule has 3 nitrogen and oxygen atoms in total. The van der Waals surface area contributed by atoms with E-state index in [1.54, 1.807) is 0 Å². The van der Waals surface area contributed by atoms with Gasteiger partial charge < -0.3 is 4.74 Å². The van der Waals surface area contributed by atoms with Gasteiger partial charge in [0.15, 0.2) is 0 Å². The molecule has 1 aliphatic heterocycles. The number of nitrogens with one attached hydrogen (secondary N) is 1. The van der Waals surface area contributed by atoms with Crippen molar-refractivity contribution < 1.29 is 4.74 Å². The summed E-state index contributed by atoms with van der Waals surface area (Å²) >= 11 is 0. The van der Waals surface area contributed by atoms with Crippen LogP contribution in [-0.2, 0) is 4.74 Å². The number of rotatable bonds is 9. The third-order valence-electron chi connectivity index (χ3n) is 4.71. The summed E-state index contributed by atoms with van der Waals surface area (Å²) in [6.45, 7) is 11.1. The first kappa shape index (κ1) is 17.9. The van der Waals surface area contributed by atoms with Crippen molar-refractivity contribution in [3.8, 4) is 0 Å². The summed E-state index contributed by atoms with van der Waals surface area (Å²) in [5, 5.41) is 0. The summed E-state index contributed by atoms with van der Waals surface area (Å²) in [6, 6.07) is 0.373.